The molecule has 0 radical (unpaired) electrons. The van der Waals surface area contributed by atoms with E-state index in [0.29, 0.717) is 12.0 Å². The van der Waals surface area contributed by atoms with Crippen molar-refractivity contribution in [3.8, 4) is 5.75 Å². The maximum absolute atomic E-state index is 6.05. The maximum Gasteiger partial charge on any atom is 0.127 e. The highest BCUT2D eigenvalue weighted by Gasteiger charge is 2.17. The first-order chi connectivity index (χ1) is 10.8. The lowest BCUT2D eigenvalue weighted by molar-refractivity contribution is -0.665. The van der Waals surface area contributed by atoms with Crippen molar-refractivity contribution in [2.45, 2.75) is 25.9 Å². The first kappa shape index (κ1) is 15.3. The molecule has 3 rings (SSSR count). The molecular formula is C19H26NO2+. The van der Waals surface area contributed by atoms with Gasteiger partial charge in [0.05, 0.1) is 13.2 Å². The molecule has 1 fully saturated rings. The van der Waals surface area contributed by atoms with E-state index in [4.69, 9.17) is 9.47 Å². The van der Waals surface area contributed by atoms with E-state index in [1.165, 1.54) is 23.6 Å². The lowest BCUT2D eigenvalue weighted by Crippen LogP contribution is -2.87. The molecule has 118 valence electrons. The molecule has 0 unspecified atom stereocenters. The molecule has 1 aliphatic rings. The number of hydrogen-bond acceptors (Lipinski definition) is 2. The Bertz CT molecular complexity index is 588. The van der Waals surface area contributed by atoms with Crippen LogP contribution in [-0.2, 0) is 4.74 Å². The van der Waals surface area contributed by atoms with Crippen molar-refractivity contribution in [3.63, 3.8) is 0 Å². The third kappa shape index (κ3) is 3.99. The summed E-state index contributed by atoms with van der Waals surface area (Å²) in [6, 6.07) is 14.6. The number of hydrogen-bond donors (Lipinski definition) is 1. The fourth-order valence-electron chi connectivity index (χ4n) is 3.02. The van der Waals surface area contributed by atoms with Crippen LogP contribution in [0.2, 0.25) is 0 Å². The molecule has 1 heterocycles. The van der Waals surface area contributed by atoms with Gasteiger partial charge in [0, 0.05) is 17.9 Å². The molecule has 0 bridgehead atoms. The summed E-state index contributed by atoms with van der Waals surface area (Å²) in [6.45, 7) is 6.12. The zero-order chi connectivity index (χ0) is 15.2. The average Bonchev–Trinajstić information content (AvgIpc) is 3.06. The van der Waals surface area contributed by atoms with E-state index >= 15 is 0 Å². The van der Waals surface area contributed by atoms with Crippen molar-refractivity contribution in [1.82, 2.24) is 0 Å². The van der Waals surface area contributed by atoms with Gasteiger partial charge in [0.1, 0.15) is 18.4 Å². The van der Waals surface area contributed by atoms with Crippen molar-refractivity contribution < 1.29 is 14.8 Å². The molecule has 0 aliphatic carbocycles. The summed E-state index contributed by atoms with van der Waals surface area (Å²) >= 11 is 0. The van der Waals surface area contributed by atoms with E-state index in [9.17, 15) is 0 Å². The fourth-order valence-corrected chi connectivity index (χ4v) is 3.02. The average molecular weight is 300 g/mol. The summed E-state index contributed by atoms with van der Waals surface area (Å²) in [5.74, 6) is 1.52. The molecule has 2 aromatic carbocycles. The van der Waals surface area contributed by atoms with Crippen LogP contribution in [0.15, 0.2) is 42.5 Å². The van der Waals surface area contributed by atoms with Crippen LogP contribution in [0, 0.1) is 5.92 Å². The van der Waals surface area contributed by atoms with E-state index in [2.05, 4.69) is 54.7 Å². The van der Waals surface area contributed by atoms with Crippen LogP contribution in [0.5, 0.6) is 5.75 Å². The van der Waals surface area contributed by atoms with E-state index in [1.54, 1.807) is 0 Å². The van der Waals surface area contributed by atoms with Gasteiger partial charge in [-0.15, -0.1) is 0 Å². The van der Waals surface area contributed by atoms with Gasteiger partial charge in [-0.3, -0.25) is 0 Å². The summed E-state index contributed by atoms with van der Waals surface area (Å²) in [7, 11) is 0. The van der Waals surface area contributed by atoms with Crippen molar-refractivity contribution in [3.05, 3.63) is 42.5 Å². The Hall–Kier alpha value is -1.58. The van der Waals surface area contributed by atoms with Crippen LogP contribution in [0.1, 0.15) is 19.8 Å². The van der Waals surface area contributed by atoms with Gasteiger partial charge in [-0.1, -0.05) is 43.3 Å². The van der Waals surface area contributed by atoms with Crippen LogP contribution in [0.3, 0.4) is 0 Å². The molecule has 22 heavy (non-hydrogen) atoms. The normalized spacial score (nSPS) is 19.4. The molecule has 0 spiro atoms. The van der Waals surface area contributed by atoms with Crippen LogP contribution in [-0.4, -0.2) is 32.4 Å². The van der Waals surface area contributed by atoms with Crippen molar-refractivity contribution in [2.24, 2.45) is 5.92 Å². The van der Waals surface area contributed by atoms with Gasteiger partial charge in [0.2, 0.25) is 0 Å². The summed E-state index contributed by atoms with van der Waals surface area (Å²) in [5, 5.41) is 4.80. The van der Waals surface area contributed by atoms with Crippen LogP contribution >= 0.6 is 0 Å². The number of nitrogens with two attached hydrogens (primary N) is 1. The molecule has 2 atom stereocenters. The van der Waals surface area contributed by atoms with E-state index < -0.39 is 0 Å². The standard InChI is InChI=1S/C19H25NO2/c1-15(12-20-13-17-8-5-11-21-17)14-22-19-10-4-7-16-6-2-3-9-18(16)19/h2-4,6-7,9-10,15,17,20H,5,8,11-14H2,1H3/p+1/t15-,17+/m1/s1. The Balaban J connectivity index is 1.46. The molecule has 0 aromatic heterocycles. The Kier molecular flexibility index (Phi) is 5.30. The largest absolute Gasteiger partial charge is 0.492 e. The van der Waals surface area contributed by atoms with Crippen LogP contribution < -0.4 is 10.1 Å². The van der Waals surface area contributed by atoms with Gasteiger partial charge < -0.3 is 14.8 Å². The number of benzene rings is 2. The van der Waals surface area contributed by atoms with Gasteiger partial charge in [0.25, 0.3) is 0 Å². The van der Waals surface area contributed by atoms with Gasteiger partial charge in [-0.25, -0.2) is 0 Å². The summed E-state index contributed by atoms with van der Waals surface area (Å²) in [6.07, 6.45) is 2.90. The molecule has 2 N–H and O–H groups in total. The monoisotopic (exact) mass is 300 g/mol. The topological polar surface area (TPSA) is 35.1 Å². The first-order valence-electron chi connectivity index (χ1n) is 8.37. The lowest BCUT2D eigenvalue weighted by Gasteiger charge is -2.15. The quantitative estimate of drug-likeness (QED) is 0.853. The minimum atomic E-state index is 0.464. The van der Waals surface area contributed by atoms with Gasteiger partial charge in [0.15, 0.2) is 0 Å². The fraction of sp³-hybridized carbons (Fsp3) is 0.474. The van der Waals surface area contributed by atoms with Gasteiger partial charge in [-0.05, 0) is 24.3 Å². The second-order valence-electron chi connectivity index (χ2n) is 6.29. The smallest absolute Gasteiger partial charge is 0.127 e. The Labute approximate surface area is 132 Å². The molecule has 2 aromatic rings. The zero-order valence-corrected chi connectivity index (χ0v) is 13.3. The Morgan fingerprint density at radius 2 is 2.09 bits per heavy atom. The molecule has 1 saturated heterocycles. The third-order valence-electron chi connectivity index (χ3n) is 4.30. The van der Waals surface area contributed by atoms with Crippen molar-refractivity contribution in [1.29, 1.82) is 0 Å². The second kappa shape index (κ2) is 7.61. The summed E-state index contributed by atoms with van der Waals surface area (Å²) < 4.78 is 11.7. The molecule has 3 heteroatoms. The molecule has 0 amide bonds. The third-order valence-corrected chi connectivity index (χ3v) is 4.30. The summed E-state index contributed by atoms with van der Waals surface area (Å²) in [5.41, 5.74) is 0. The first-order valence-corrected chi connectivity index (χ1v) is 8.37. The second-order valence-corrected chi connectivity index (χ2v) is 6.29. The minimum absolute atomic E-state index is 0.464. The highest BCUT2D eigenvalue weighted by atomic mass is 16.5. The van der Waals surface area contributed by atoms with E-state index in [1.807, 2.05) is 0 Å². The highest BCUT2D eigenvalue weighted by Crippen LogP contribution is 2.25. The number of quaternary nitrogens is 1. The summed E-state index contributed by atoms with van der Waals surface area (Å²) in [4.78, 5) is 0. The molecule has 1 aliphatic heterocycles. The van der Waals surface area contributed by atoms with Crippen LogP contribution in [0.4, 0.5) is 0 Å². The SMILES string of the molecule is C[C@H](C[NH2+]C[C@@H]1CCCO1)COc1cccc2ccccc12. The predicted molar refractivity (Wildman–Crippen MR) is 89.2 cm³/mol. The maximum atomic E-state index is 6.05. The lowest BCUT2D eigenvalue weighted by atomic mass is 10.1. The number of ether oxygens (including phenoxy) is 2. The van der Waals surface area contributed by atoms with E-state index in [0.717, 1.165) is 32.1 Å². The zero-order valence-electron chi connectivity index (χ0n) is 13.3. The van der Waals surface area contributed by atoms with Crippen LogP contribution in [0.25, 0.3) is 10.8 Å². The van der Waals surface area contributed by atoms with Gasteiger partial charge in [-0.2, -0.15) is 0 Å². The van der Waals surface area contributed by atoms with Crippen molar-refractivity contribution >= 4 is 10.8 Å². The Morgan fingerprint density at radius 1 is 1.23 bits per heavy atom. The molecular weight excluding hydrogens is 274 g/mol. The van der Waals surface area contributed by atoms with E-state index in [-0.39, 0.29) is 0 Å². The van der Waals surface area contributed by atoms with Crippen molar-refractivity contribution in [2.75, 3.05) is 26.3 Å². The molecule has 3 nitrogen and oxygen atoms in total. The predicted octanol–water partition coefficient (Wildman–Crippen LogP) is 2.60. The highest BCUT2D eigenvalue weighted by molar-refractivity contribution is 5.88. The Morgan fingerprint density at radius 3 is 2.95 bits per heavy atom. The minimum Gasteiger partial charge on any atom is -0.492 e. The number of fused-ring (bicyclic) bond motifs is 1. The number of rotatable bonds is 7. The van der Waals surface area contributed by atoms with Gasteiger partial charge >= 0.3 is 0 Å². The molecule has 0 saturated carbocycles.